The number of aryl methyl sites for hydroxylation is 1. The lowest BCUT2D eigenvalue weighted by Gasteiger charge is -2.34. The van der Waals surface area contributed by atoms with Crippen molar-refractivity contribution in [2.24, 2.45) is 0 Å². The van der Waals surface area contributed by atoms with Crippen LogP contribution >= 0.6 is 0 Å². The van der Waals surface area contributed by atoms with E-state index < -0.39 is 12.1 Å². The number of nitrogens with zero attached hydrogens (tertiary/aromatic N) is 2. The molecule has 5 N–H and O–H groups in total. The van der Waals surface area contributed by atoms with Gasteiger partial charge in [0.15, 0.2) is 5.96 Å². The van der Waals surface area contributed by atoms with Gasteiger partial charge in [-0.3, -0.25) is 25.3 Å². The Hall–Kier alpha value is -3.72. The molecule has 1 aliphatic rings. The number of nitrogens with one attached hydrogen (secondary N) is 3. The van der Waals surface area contributed by atoms with Gasteiger partial charge in [-0.1, -0.05) is 49.7 Å². The van der Waals surface area contributed by atoms with Gasteiger partial charge in [0.25, 0.3) is 0 Å². The van der Waals surface area contributed by atoms with E-state index in [1.54, 1.807) is 7.11 Å². The predicted molar refractivity (Wildman–Crippen MR) is 173 cm³/mol. The number of alkyl halides is 3. The molecule has 0 unspecified atom stereocenters. The van der Waals surface area contributed by atoms with Crippen molar-refractivity contribution in [1.82, 2.24) is 20.4 Å². The van der Waals surface area contributed by atoms with Gasteiger partial charge in [-0.05, 0) is 35.6 Å². The molecule has 0 aromatic heterocycles. The summed E-state index contributed by atoms with van der Waals surface area (Å²) >= 11 is 0. The first-order chi connectivity index (χ1) is 22.5. The van der Waals surface area contributed by atoms with Crippen LogP contribution in [0, 0.1) is 5.41 Å². The van der Waals surface area contributed by atoms with Crippen LogP contribution in [0.3, 0.4) is 0 Å². The molecule has 0 bridgehead atoms. The first-order valence-corrected chi connectivity index (χ1v) is 15.8. The maximum atomic E-state index is 12.3. The molecule has 0 aliphatic carbocycles. The summed E-state index contributed by atoms with van der Waals surface area (Å²) in [6.07, 6.45) is -1.44. The van der Waals surface area contributed by atoms with Crippen LogP contribution in [-0.2, 0) is 27.3 Å². The number of ether oxygens (including phenoxy) is 2. The van der Waals surface area contributed by atoms with E-state index in [2.05, 4.69) is 63.8 Å². The molecule has 2 aromatic carbocycles. The largest absolute Gasteiger partial charge is 0.493 e. The molecule has 0 radical (unpaired) electrons. The summed E-state index contributed by atoms with van der Waals surface area (Å²) in [7, 11) is 1.69. The second-order valence-electron chi connectivity index (χ2n) is 11.1. The third-order valence-corrected chi connectivity index (χ3v) is 7.33. The van der Waals surface area contributed by atoms with E-state index in [-0.39, 0.29) is 18.5 Å². The first-order valence-electron chi connectivity index (χ1n) is 15.8. The lowest BCUT2D eigenvalue weighted by Crippen LogP contribution is -2.46. The molecule has 0 saturated carbocycles. The first kappa shape index (κ1) is 39.5. The van der Waals surface area contributed by atoms with Crippen LogP contribution in [0.25, 0.3) is 11.1 Å². The summed E-state index contributed by atoms with van der Waals surface area (Å²) in [5.74, 6) is -2.07. The van der Waals surface area contributed by atoms with E-state index in [4.69, 9.17) is 29.9 Å². The summed E-state index contributed by atoms with van der Waals surface area (Å²) in [5.41, 5.74) is 4.41. The number of halogens is 3. The van der Waals surface area contributed by atoms with Gasteiger partial charge in [0.05, 0.1) is 13.2 Å². The van der Waals surface area contributed by atoms with E-state index in [1.165, 1.54) is 5.56 Å². The summed E-state index contributed by atoms with van der Waals surface area (Å²) in [6, 6.07) is 14.8. The number of aliphatic hydroxyl groups excluding tert-OH is 1. The Labute approximate surface area is 274 Å². The van der Waals surface area contributed by atoms with Gasteiger partial charge in [0, 0.05) is 77.9 Å². The average molecular weight is 668 g/mol. The van der Waals surface area contributed by atoms with Crippen molar-refractivity contribution in [3.05, 3.63) is 53.6 Å². The SMILES string of the molecule is CCCCNC(=N)NC(=O)CCc1ccc(-c2ccc(CN3CCN(CCO)CC3)cc2)c(OCCCOC)c1.O=C(O)C(F)(F)F. The number of carboxylic acids is 1. The van der Waals surface area contributed by atoms with Gasteiger partial charge < -0.3 is 25.0 Å². The maximum Gasteiger partial charge on any atom is 0.490 e. The molecule has 47 heavy (non-hydrogen) atoms. The molecular formula is C33H48F3N5O6. The number of hydrogen-bond acceptors (Lipinski definition) is 8. The summed E-state index contributed by atoms with van der Waals surface area (Å²) in [6.45, 7) is 9.86. The van der Waals surface area contributed by atoms with Crippen LogP contribution in [0.5, 0.6) is 5.75 Å². The minimum atomic E-state index is -5.08. The van der Waals surface area contributed by atoms with Crippen molar-refractivity contribution in [3.8, 4) is 16.9 Å². The Morgan fingerprint density at radius 2 is 1.62 bits per heavy atom. The zero-order valence-corrected chi connectivity index (χ0v) is 27.2. The molecule has 262 valence electrons. The molecule has 14 heteroatoms. The van der Waals surface area contributed by atoms with Crippen molar-refractivity contribution in [2.45, 2.75) is 51.7 Å². The molecule has 1 fully saturated rings. The van der Waals surface area contributed by atoms with Crippen molar-refractivity contribution in [1.29, 1.82) is 5.41 Å². The summed E-state index contributed by atoms with van der Waals surface area (Å²) in [4.78, 5) is 26.0. The number of hydrogen-bond donors (Lipinski definition) is 5. The number of piperazine rings is 1. The van der Waals surface area contributed by atoms with Gasteiger partial charge in [0.2, 0.25) is 5.91 Å². The topological polar surface area (TPSA) is 147 Å². The third kappa shape index (κ3) is 15.6. The molecule has 11 nitrogen and oxygen atoms in total. The number of methoxy groups -OCH3 is 1. The second-order valence-corrected chi connectivity index (χ2v) is 11.1. The van der Waals surface area contributed by atoms with E-state index in [9.17, 15) is 18.0 Å². The van der Waals surface area contributed by atoms with E-state index in [0.29, 0.717) is 32.6 Å². The number of carboxylic acid groups (broad SMARTS) is 1. The number of unbranched alkanes of at least 4 members (excludes halogenated alkanes) is 1. The van der Waals surface area contributed by atoms with E-state index >= 15 is 0 Å². The van der Waals surface area contributed by atoms with Gasteiger partial charge in [-0.2, -0.15) is 13.2 Å². The van der Waals surface area contributed by atoms with Crippen LogP contribution in [0.1, 0.15) is 43.7 Å². The number of β-amino-alcohol motifs (C(OH)–C–C–N with tert-alkyl or cyclic N) is 1. The molecule has 0 spiro atoms. The molecule has 2 aromatic rings. The number of aliphatic carboxylic acids is 1. The van der Waals surface area contributed by atoms with Crippen molar-refractivity contribution >= 4 is 17.8 Å². The number of benzene rings is 2. The number of guanidine groups is 1. The van der Waals surface area contributed by atoms with Gasteiger partial charge in [-0.25, -0.2) is 4.79 Å². The standard InChI is InChI=1S/C31H47N5O4.C2HF3O2/c1-3-4-14-33-31(32)34-30(38)13-9-25-8-12-28(29(23-25)40-22-5-21-39-2)27-10-6-26(7-11-27)24-36-17-15-35(16-18-36)19-20-37;3-2(4,5)1(6)7/h6-8,10-12,23,37H,3-5,9,13-22,24H2,1-2H3,(H3,32,33,34,38);(H,6,7). The zero-order chi connectivity index (χ0) is 34.7. The molecule has 1 saturated heterocycles. The van der Waals surface area contributed by atoms with E-state index in [1.807, 2.05) is 6.07 Å². The highest BCUT2D eigenvalue weighted by Crippen LogP contribution is 2.32. The number of amides is 1. The Balaban J connectivity index is 0.000000984. The zero-order valence-electron chi connectivity index (χ0n) is 27.2. The smallest absolute Gasteiger partial charge is 0.490 e. The summed E-state index contributed by atoms with van der Waals surface area (Å²) < 4.78 is 43.1. The fraction of sp³-hybridized carbons (Fsp3) is 0.545. The highest BCUT2D eigenvalue weighted by molar-refractivity contribution is 5.95. The van der Waals surface area contributed by atoms with Crippen LogP contribution in [0.4, 0.5) is 13.2 Å². The Morgan fingerprint density at radius 1 is 0.979 bits per heavy atom. The minimum absolute atomic E-state index is 0.0587. The molecule has 1 heterocycles. The van der Waals surface area contributed by atoms with Gasteiger partial charge in [-0.15, -0.1) is 0 Å². The Bertz CT molecular complexity index is 1240. The number of carbonyl (C=O) groups is 2. The van der Waals surface area contributed by atoms with Crippen LogP contribution in [-0.4, -0.2) is 110 Å². The maximum absolute atomic E-state index is 12.3. The average Bonchev–Trinajstić information content (AvgIpc) is 3.04. The summed E-state index contributed by atoms with van der Waals surface area (Å²) in [5, 5.41) is 29.7. The number of aliphatic hydroxyl groups is 1. The third-order valence-electron chi connectivity index (χ3n) is 7.33. The van der Waals surface area contributed by atoms with Crippen LogP contribution < -0.4 is 15.4 Å². The lowest BCUT2D eigenvalue weighted by atomic mass is 9.99. The fourth-order valence-corrected chi connectivity index (χ4v) is 4.72. The second kappa shape index (κ2) is 21.2. The van der Waals surface area contributed by atoms with Crippen LogP contribution in [0.15, 0.2) is 42.5 Å². The van der Waals surface area contributed by atoms with Crippen molar-refractivity contribution in [2.75, 3.05) is 66.2 Å². The normalized spacial score (nSPS) is 13.7. The van der Waals surface area contributed by atoms with E-state index in [0.717, 1.165) is 81.0 Å². The predicted octanol–water partition coefficient (Wildman–Crippen LogP) is 3.89. The molecular weight excluding hydrogens is 619 g/mol. The number of carbonyl (C=O) groups excluding carboxylic acids is 1. The van der Waals surface area contributed by atoms with Crippen molar-refractivity contribution < 1.29 is 42.4 Å². The highest BCUT2D eigenvalue weighted by Gasteiger charge is 2.38. The highest BCUT2D eigenvalue weighted by atomic mass is 19.4. The number of rotatable bonds is 16. The lowest BCUT2D eigenvalue weighted by molar-refractivity contribution is -0.192. The molecule has 0 atom stereocenters. The molecule has 3 rings (SSSR count). The van der Waals surface area contributed by atoms with Gasteiger partial charge in [0.1, 0.15) is 5.75 Å². The fourth-order valence-electron chi connectivity index (χ4n) is 4.72. The van der Waals surface area contributed by atoms with Crippen molar-refractivity contribution in [3.63, 3.8) is 0 Å². The Morgan fingerprint density at radius 3 is 2.21 bits per heavy atom. The van der Waals surface area contributed by atoms with Gasteiger partial charge >= 0.3 is 12.1 Å². The quantitative estimate of drug-likeness (QED) is 0.102. The molecule has 1 aliphatic heterocycles. The minimum Gasteiger partial charge on any atom is -0.493 e. The van der Waals surface area contributed by atoms with Crippen LogP contribution in [0.2, 0.25) is 0 Å². The Kier molecular flexibility index (Phi) is 17.8. The molecule has 1 amide bonds. The monoisotopic (exact) mass is 667 g/mol.